The second kappa shape index (κ2) is 7.34. The molecule has 1 aliphatic carbocycles. The van der Waals surface area contributed by atoms with E-state index >= 15 is 0 Å². The third-order valence-electron chi connectivity index (χ3n) is 5.54. The Bertz CT molecular complexity index is 1220. The molecule has 0 saturated carbocycles. The zero-order chi connectivity index (χ0) is 19.8. The van der Waals surface area contributed by atoms with Gasteiger partial charge in [-0.2, -0.15) is 0 Å². The smallest absolute Gasteiger partial charge is 0.252 e. The van der Waals surface area contributed by atoms with Crippen molar-refractivity contribution in [2.24, 2.45) is 0 Å². The number of nitrogens with one attached hydrogen (secondary N) is 1. The van der Waals surface area contributed by atoms with Gasteiger partial charge in [-0.05, 0) is 48.2 Å². The van der Waals surface area contributed by atoms with Gasteiger partial charge in [0, 0.05) is 16.0 Å². The van der Waals surface area contributed by atoms with Crippen LogP contribution in [-0.2, 0) is 6.42 Å². The second-order valence-electron chi connectivity index (χ2n) is 7.34. The van der Waals surface area contributed by atoms with E-state index in [1.807, 2.05) is 60.7 Å². The maximum absolute atomic E-state index is 13.3. The van der Waals surface area contributed by atoms with Gasteiger partial charge in [0.25, 0.3) is 5.91 Å². The van der Waals surface area contributed by atoms with Gasteiger partial charge in [-0.3, -0.25) is 4.79 Å². The number of rotatable bonds is 3. The SMILES string of the molecule is O=C(NC1CCc2ccccc21)c1cc(-c2ccc(Cl)cc2)nc2ccccc12. The summed E-state index contributed by atoms with van der Waals surface area (Å²) in [6.07, 6.45) is 1.92. The van der Waals surface area contributed by atoms with Crippen LogP contribution in [0.3, 0.4) is 0 Å². The van der Waals surface area contributed by atoms with E-state index in [1.54, 1.807) is 0 Å². The van der Waals surface area contributed by atoms with Crippen molar-refractivity contribution in [3.63, 3.8) is 0 Å². The summed E-state index contributed by atoms with van der Waals surface area (Å²) in [4.78, 5) is 18.1. The van der Waals surface area contributed by atoms with Crippen molar-refractivity contribution in [2.75, 3.05) is 0 Å². The number of aromatic nitrogens is 1. The molecule has 4 heteroatoms. The molecule has 0 aliphatic heterocycles. The fourth-order valence-corrected chi connectivity index (χ4v) is 4.20. The van der Waals surface area contributed by atoms with Gasteiger partial charge >= 0.3 is 0 Å². The van der Waals surface area contributed by atoms with Crippen molar-refractivity contribution in [1.82, 2.24) is 10.3 Å². The largest absolute Gasteiger partial charge is 0.345 e. The Kier molecular flexibility index (Phi) is 4.53. The number of pyridine rings is 1. The van der Waals surface area contributed by atoms with Crippen LogP contribution < -0.4 is 5.32 Å². The van der Waals surface area contributed by atoms with Gasteiger partial charge in [-0.25, -0.2) is 4.98 Å². The molecule has 0 spiro atoms. The lowest BCUT2D eigenvalue weighted by atomic mass is 10.0. The maximum Gasteiger partial charge on any atom is 0.252 e. The fraction of sp³-hybridized carbons (Fsp3) is 0.120. The third kappa shape index (κ3) is 3.39. The van der Waals surface area contributed by atoms with E-state index in [0.29, 0.717) is 10.6 Å². The number of nitrogens with zero attached hydrogens (tertiary/aromatic N) is 1. The van der Waals surface area contributed by atoms with Crippen LogP contribution in [0, 0.1) is 0 Å². The first-order valence-corrected chi connectivity index (χ1v) is 10.1. The Balaban J connectivity index is 1.55. The number of aryl methyl sites for hydroxylation is 1. The van der Waals surface area contributed by atoms with Crippen LogP contribution in [0.15, 0.2) is 78.9 Å². The quantitative estimate of drug-likeness (QED) is 0.461. The van der Waals surface area contributed by atoms with Crippen LogP contribution in [-0.4, -0.2) is 10.9 Å². The Morgan fingerprint density at radius 1 is 0.966 bits per heavy atom. The summed E-state index contributed by atoms with van der Waals surface area (Å²) in [7, 11) is 0. The van der Waals surface area contributed by atoms with Gasteiger partial charge in [0.15, 0.2) is 0 Å². The van der Waals surface area contributed by atoms with Gasteiger partial charge in [-0.15, -0.1) is 0 Å². The zero-order valence-electron chi connectivity index (χ0n) is 15.7. The summed E-state index contributed by atoms with van der Waals surface area (Å²) in [5, 5.41) is 4.77. The minimum Gasteiger partial charge on any atom is -0.345 e. The first-order valence-electron chi connectivity index (χ1n) is 9.73. The van der Waals surface area contributed by atoms with Gasteiger partial charge in [-0.1, -0.05) is 66.2 Å². The molecular formula is C25H19ClN2O. The highest BCUT2D eigenvalue weighted by atomic mass is 35.5. The number of carbonyl (C=O) groups excluding carboxylic acids is 1. The highest BCUT2D eigenvalue weighted by Crippen LogP contribution is 2.32. The zero-order valence-corrected chi connectivity index (χ0v) is 16.5. The molecule has 1 atom stereocenters. The van der Waals surface area contributed by atoms with Crippen LogP contribution in [0.5, 0.6) is 0 Å². The number of halogens is 1. The van der Waals surface area contributed by atoms with E-state index in [0.717, 1.165) is 35.0 Å². The van der Waals surface area contributed by atoms with Gasteiger partial charge < -0.3 is 5.32 Å². The molecule has 1 N–H and O–H groups in total. The van der Waals surface area contributed by atoms with Crippen molar-refractivity contribution in [2.45, 2.75) is 18.9 Å². The molecule has 1 heterocycles. The molecule has 3 nitrogen and oxygen atoms in total. The number of para-hydroxylation sites is 1. The van der Waals surface area contributed by atoms with Crippen LogP contribution in [0.4, 0.5) is 0 Å². The molecule has 29 heavy (non-hydrogen) atoms. The second-order valence-corrected chi connectivity index (χ2v) is 7.78. The number of amides is 1. The average Bonchev–Trinajstić information content (AvgIpc) is 3.16. The number of hydrogen-bond donors (Lipinski definition) is 1. The lowest BCUT2D eigenvalue weighted by molar-refractivity contribution is 0.0938. The molecule has 0 saturated heterocycles. The third-order valence-corrected chi connectivity index (χ3v) is 5.79. The lowest BCUT2D eigenvalue weighted by Gasteiger charge is -2.16. The molecule has 0 bridgehead atoms. The van der Waals surface area contributed by atoms with E-state index in [9.17, 15) is 4.79 Å². The molecule has 0 radical (unpaired) electrons. The minimum atomic E-state index is -0.0690. The number of hydrogen-bond acceptors (Lipinski definition) is 2. The minimum absolute atomic E-state index is 0.0459. The van der Waals surface area contributed by atoms with E-state index < -0.39 is 0 Å². The molecule has 3 aromatic carbocycles. The van der Waals surface area contributed by atoms with Gasteiger partial charge in [0.05, 0.1) is 22.8 Å². The predicted octanol–water partition coefficient (Wildman–Crippen LogP) is 5.97. The van der Waals surface area contributed by atoms with Crippen molar-refractivity contribution in [1.29, 1.82) is 0 Å². The monoisotopic (exact) mass is 398 g/mol. The molecule has 0 fully saturated rings. The van der Waals surface area contributed by atoms with Crippen molar-refractivity contribution in [3.05, 3.63) is 101 Å². The number of fused-ring (bicyclic) bond motifs is 2. The average molecular weight is 399 g/mol. The summed E-state index contributed by atoms with van der Waals surface area (Å²) in [6.45, 7) is 0. The molecule has 1 aliphatic rings. The molecule has 1 aromatic heterocycles. The summed E-state index contributed by atoms with van der Waals surface area (Å²) >= 11 is 6.03. The van der Waals surface area contributed by atoms with Crippen LogP contribution in [0.25, 0.3) is 22.2 Å². The van der Waals surface area contributed by atoms with Crippen LogP contribution in [0.1, 0.15) is 33.9 Å². The van der Waals surface area contributed by atoms with Crippen LogP contribution >= 0.6 is 11.6 Å². The summed E-state index contributed by atoms with van der Waals surface area (Å²) in [5.41, 5.74) is 5.68. The summed E-state index contributed by atoms with van der Waals surface area (Å²) in [5.74, 6) is -0.0690. The molecule has 1 unspecified atom stereocenters. The molecule has 1 amide bonds. The first-order chi connectivity index (χ1) is 14.2. The Morgan fingerprint density at radius 2 is 1.72 bits per heavy atom. The Morgan fingerprint density at radius 3 is 2.59 bits per heavy atom. The Hall–Kier alpha value is -3.17. The van der Waals surface area contributed by atoms with Crippen molar-refractivity contribution in [3.8, 4) is 11.3 Å². The van der Waals surface area contributed by atoms with E-state index in [1.165, 1.54) is 11.1 Å². The molecule has 5 rings (SSSR count). The predicted molar refractivity (Wildman–Crippen MR) is 117 cm³/mol. The topological polar surface area (TPSA) is 42.0 Å². The van der Waals surface area contributed by atoms with Gasteiger partial charge in [0.1, 0.15) is 0 Å². The maximum atomic E-state index is 13.3. The first kappa shape index (κ1) is 17.9. The standard InChI is InChI=1S/C25H19ClN2O/c26-18-12-9-17(10-13-18)24-15-21(20-7-3-4-8-22(20)27-24)25(29)28-23-14-11-16-5-1-2-6-19(16)23/h1-10,12-13,15,23H,11,14H2,(H,28,29). The summed E-state index contributed by atoms with van der Waals surface area (Å²) < 4.78 is 0. The molecule has 4 aromatic rings. The van der Waals surface area contributed by atoms with Crippen molar-refractivity contribution < 1.29 is 4.79 Å². The fourth-order valence-electron chi connectivity index (χ4n) is 4.07. The van der Waals surface area contributed by atoms with E-state index in [-0.39, 0.29) is 11.9 Å². The highest BCUT2D eigenvalue weighted by molar-refractivity contribution is 6.30. The molecular weight excluding hydrogens is 380 g/mol. The number of benzene rings is 3. The summed E-state index contributed by atoms with van der Waals surface area (Å²) in [6, 6.07) is 25.5. The highest BCUT2D eigenvalue weighted by Gasteiger charge is 2.24. The normalized spacial score (nSPS) is 15.3. The number of carbonyl (C=O) groups is 1. The van der Waals surface area contributed by atoms with E-state index in [2.05, 4.69) is 23.5 Å². The van der Waals surface area contributed by atoms with E-state index in [4.69, 9.17) is 16.6 Å². The molecule has 142 valence electrons. The van der Waals surface area contributed by atoms with Crippen LogP contribution in [0.2, 0.25) is 5.02 Å². The Labute approximate surface area is 174 Å². The lowest BCUT2D eigenvalue weighted by Crippen LogP contribution is -2.27. The van der Waals surface area contributed by atoms with Gasteiger partial charge in [0.2, 0.25) is 0 Å². The van der Waals surface area contributed by atoms with Crippen molar-refractivity contribution >= 4 is 28.4 Å².